The van der Waals surface area contributed by atoms with Gasteiger partial charge in [0, 0.05) is 36.7 Å². The Morgan fingerprint density at radius 1 is 1.02 bits per heavy atom. The van der Waals surface area contributed by atoms with Crippen LogP contribution >= 0.6 is 0 Å². The quantitative estimate of drug-likeness (QED) is 0.157. The summed E-state index contributed by atoms with van der Waals surface area (Å²) in [5.74, 6) is 0.390. The summed E-state index contributed by atoms with van der Waals surface area (Å²) in [6.07, 6.45) is 5.77. The summed E-state index contributed by atoms with van der Waals surface area (Å²) in [6, 6.07) is 13.1. The van der Waals surface area contributed by atoms with Crippen LogP contribution in [-0.2, 0) is 26.8 Å². The van der Waals surface area contributed by atoms with Gasteiger partial charge in [-0.25, -0.2) is 4.39 Å². The molecule has 2 aromatic heterocycles. The van der Waals surface area contributed by atoms with Crippen molar-refractivity contribution in [3.63, 3.8) is 0 Å². The van der Waals surface area contributed by atoms with E-state index in [4.69, 9.17) is 13.6 Å². The third-order valence-electron chi connectivity index (χ3n) is 6.82. The fourth-order valence-corrected chi connectivity index (χ4v) is 5.81. The van der Waals surface area contributed by atoms with Crippen molar-refractivity contribution < 1.29 is 48.5 Å². The van der Waals surface area contributed by atoms with Gasteiger partial charge < -0.3 is 18.5 Å². The zero-order valence-electron chi connectivity index (χ0n) is 23.1. The van der Waals surface area contributed by atoms with Crippen LogP contribution in [0.5, 0.6) is 5.75 Å². The summed E-state index contributed by atoms with van der Waals surface area (Å²) in [4.78, 5) is 1.64. The van der Waals surface area contributed by atoms with Crippen molar-refractivity contribution in [3.8, 4) is 17.1 Å². The van der Waals surface area contributed by atoms with Gasteiger partial charge in [0.25, 0.3) is 25.8 Å². The van der Waals surface area contributed by atoms with Gasteiger partial charge in [-0.1, -0.05) is 6.92 Å². The van der Waals surface area contributed by atoms with Crippen LogP contribution in [0.2, 0.25) is 0 Å². The van der Waals surface area contributed by atoms with Crippen molar-refractivity contribution in [2.24, 2.45) is 0 Å². The fraction of sp³-hybridized carbons (Fsp3) is 0.276. The minimum atomic E-state index is -4.19. The van der Waals surface area contributed by atoms with E-state index >= 15 is 0 Å². The number of oxazole rings is 1. The highest BCUT2D eigenvalue weighted by Gasteiger charge is 2.28. The van der Waals surface area contributed by atoms with Gasteiger partial charge in [-0.2, -0.15) is 21.4 Å². The first-order valence-electron chi connectivity index (χ1n) is 13.5. The minimum Gasteiger partial charge on any atom is -0.464 e. The van der Waals surface area contributed by atoms with Crippen molar-refractivity contribution in [2.75, 3.05) is 23.0 Å². The van der Waals surface area contributed by atoms with Crippen LogP contribution < -0.4 is 14.2 Å². The molecule has 2 aromatic carbocycles. The number of nitrogens with zero attached hydrogens (tertiary/aromatic N) is 2. The number of furan rings is 1. The Bertz CT molecular complexity index is 1910. The second-order valence-corrected chi connectivity index (χ2v) is 13.1. The van der Waals surface area contributed by atoms with E-state index in [0.717, 1.165) is 11.1 Å². The van der Waals surface area contributed by atoms with Crippen LogP contribution in [0.15, 0.2) is 81.2 Å². The lowest BCUT2D eigenvalue weighted by atomic mass is 10.1. The van der Waals surface area contributed by atoms with Crippen molar-refractivity contribution in [1.29, 1.82) is 0 Å². The molecule has 3 heterocycles. The van der Waals surface area contributed by atoms with Gasteiger partial charge in [0.1, 0.15) is 11.6 Å². The molecule has 43 heavy (non-hydrogen) atoms. The molecule has 228 valence electrons. The van der Waals surface area contributed by atoms with E-state index in [2.05, 4.69) is 0 Å². The normalized spacial score (nSPS) is 14.9. The van der Waals surface area contributed by atoms with E-state index in [1.165, 1.54) is 18.2 Å². The number of allylic oxidation sites excluding steroid dienone is 2. The average molecular weight is 634 g/mol. The molecule has 0 spiro atoms. The van der Waals surface area contributed by atoms with Crippen LogP contribution in [0.4, 0.5) is 10.1 Å². The summed E-state index contributed by atoms with van der Waals surface area (Å²) in [5.41, 5.74) is 3.18. The second-order valence-electron chi connectivity index (χ2n) is 9.95. The lowest BCUT2D eigenvalue weighted by Gasteiger charge is -2.18. The fourth-order valence-electron chi connectivity index (χ4n) is 4.82. The Kier molecular flexibility index (Phi) is 8.74. The molecule has 0 unspecified atom stereocenters. The maximum atomic E-state index is 14.1. The molecule has 14 heteroatoms. The molecule has 0 saturated carbocycles. The second kappa shape index (κ2) is 12.3. The number of benzene rings is 2. The molecule has 4 aromatic rings. The first kappa shape index (κ1) is 30.5. The van der Waals surface area contributed by atoms with Crippen LogP contribution in [0, 0.1) is 5.82 Å². The van der Waals surface area contributed by atoms with E-state index in [0.29, 0.717) is 46.5 Å². The first-order chi connectivity index (χ1) is 20.4. The monoisotopic (exact) mass is 633 g/mol. The predicted molar refractivity (Wildman–Crippen MR) is 157 cm³/mol. The van der Waals surface area contributed by atoms with E-state index in [9.17, 15) is 30.3 Å². The highest BCUT2D eigenvalue weighted by atomic mass is 32.2. The Balaban J connectivity index is 1.53. The molecule has 0 saturated heterocycles. The lowest BCUT2D eigenvalue weighted by molar-refractivity contribution is -0.677. The molecule has 0 atom stereocenters. The maximum Gasteiger partial charge on any atom is 0.374 e. The summed E-state index contributed by atoms with van der Waals surface area (Å²) < 4.78 is 97.5. The molecule has 1 aliphatic rings. The number of ether oxygens (including phenoxy) is 1. The Hall–Kier alpha value is -3.98. The Morgan fingerprint density at radius 3 is 2.49 bits per heavy atom. The van der Waals surface area contributed by atoms with Gasteiger partial charge >= 0.3 is 5.89 Å². The zero-order valence-corrected chi connectivity index (χ0v) is 24.8. The standard InChI is InChI=1S/C29H29FN2O9S2/c1-2-20(17-29-32(12-5-15-43(36,37)38)24-19-22(30)8-10-27(24)41-29)16-28-31(11-4-14-42(33,34)35)23-18-21(7-9-26(23)40-28)25-6-3-13-39-25/h3,6-10,13,16-19H,2,4-5,11-12,14-15H2,1H3,(H-,33,34,35,36,37,38)/p+1. The van der Waals surface area contributed by atoms with E-state index in [-0.39, 0.29) is 25.9 Å². The molecule has 0 aliphatic carbocycles. The van der Waals surface area contributed by atoms with Crippen molar-refractivity contribution >= 4 is 43.1 Å². The van der Waals surface area contributed by atoms with Crippen LogP contribution in [0.1, 0.15) is 32.1 Å². The van der Waals surface area contributed by atoms with Crippen molar-refractivity contribution in [2.45, 2.75) is 32.7 Å². The summed E-state index contributed by atoms with van der Waals surface area (Å²) >= 11 is 0. The molecule has 0 radical (unpaired) electrons. The number of aromatic nitrogens is 1. The molecule has 0 bridgehead atoms. The molecule has 0 fully saturated rings. The number of halogens is 1. The summed E-state index contributed by atoms with van der Waals surface area (Å²) in [6.45, 7) is 2.26. The van der Waals surface area contributed by atoms with Gasteiger partial charge in [-0.15, -0.1) is 0 Å². The smallest absolute Gasteiger partial charge is 0.374 e. The van der Waals surface area contributed by atoms with E-state index in [1.807, 2.05) is 29.7 Å². The molecular weight excluding hydrogens is 603 g/mol. The van der Waals surface area contributed by atoms with Gasteiger partial charge in [-0.3, -0.25) is 9.11 Å². The van der Waals surface area contributed by atoms with Gasteiger partial charge in [0.15, 0.2) is 12.3 Å². The van der Waals surface area contributed by atoms with Gasteiger partial charge in [0.2, 0.25) is 11.5 Å². The number of aryl methyl sites for hydroxylation is 1. The number of fused-ring (bicyclic) bond motifs is 2. The maximum absolute atomic E-state index is 14.1. The Morgan fingerprint density at radius 2 is 1.79 bits per heavy atom. The number of hydrogen-bond acceptors (Lipinski definition) is 8. The van der Waals surface area contributed by atoms with E-state index in [1.54, 1.807) is 35.4 Å². The number of hydrogen-bond donors (Lipinski definition) is 2. The molecule has 2 N–H and O–H groups in total. The SMILES string of the molecule is CCC(/C=C1\Oc2ccc(F)cc2N1CCCS(=O)(=O)O)=C\c1oc2ccc(-c3ccco3)cc2[n+]1CCCS(=O)(=O)O. The van der Waals surface area contributed by atoms with E-state index < -0.39 is 37.6 Å². The molecule has 11 nitrogen and oxygen atoms in total. The van der Waals surface area contributed by atoms with Gasteiger partial charge in [-0.05, 0) is 54.8 Å². The largest absolute Gasteiger partial charge is 0.464 e. The van der Waals surface area contributed by atoms with Gasteiger partial charge in [0.05, 0.1) is 29.5 Å². The Labute approximate surface area is 248 Å². The first-order valence-corrected chi connectivity index (χ1v) is 16.7. The third-order valence-corrected chi connectivity index (χ3v) is 8.43. The van der Waals surface area contributed by atoms with Crippen molar-refractivity contribution in [1.82, 2.24) is 0 Å². The number of rotatable bonds is 12. The topological polar surface area (TPSA) is 151 Å². The highest BCUT2D eigenvalue weighted by Crippen LogP contribution is 2.40. The summed E-state index contributed by atoms with van der Waals surface area (Å²) in [7, 11) is -8.36. The third kappa shape index (κ3) is 7.51. The number of anilines is 1. The minimum absolute atomic E-state index is 0.0655. The molecular formula is C29H30FN2O9S2+. The zero-order chi connectivity index (χ0) is 30.8. The molecule has 0 amide bonds. The van der Waals surface area contributed by atoms with Crippen LogP contribution in [-0.4, -0.2) is 44.0 Å². The van der Waals surface area contributed by atoms with Crippen LogP contribution in [0.3, 0.4) is 0 Å². The lowest BCUT2D eigenvalue weighted by Crippen LogP contribution is -2.36. The molecule has 5 rings (SSSR count). The van der Waals surface area contributed by atoms with Crippen LogP contribution in [0.25, 0.3) is 28.5 Å². The highest BCUT2D eigenvalue weighted by molar-refractivity contribution is 7.86. The van der Waals surface area contributed by atoms with Crippen molar-refractivity contribution in [3.05, 3.63) is 84.0 Å². The summed E-state index contributed by atoms with van der Waals surface area (Å²) in [5, 5.41) is 0. The predicted octanol–water partition coefficient (Wildman–Crippen LogP) is 5.21. The molecule has 1 aliphatic heterocycles. The average Bonchev–Trinajstić information content (AvgIpc) is 3.65.